The van der Waals surface area contributed by atoms with Crippen LogP contribution in [0.15, 0.2) is 30.5 Å². The molecule has 110 valence electrons. The zero-order valence-electron chi connectivity index (χ0n) is 12.5. The van der Waals surface area contributed by atoms with E-state index in [-0.39, 0.29) is 11.8 Å². The van der Waals surface area contributed by atoms with Crippen molar-refractivity contribution in [3.63, 3.8) is 0 Å². The molecular formula is C17H20N2O2. The maximum absolute atomic E-state index is 11.9. The molecule has 2 aromatic rings. The monoisotopic (exact) mass is 284 g/mol. The lowest BCUT2D eigenvalue weighted by molar-refractivity contribution is -0.118. The van der Waals surface area contributed by atoms with Crippen LogP contribution in [-0.2, 0) is 4.79 Å². The Labute approximate surface area is 124 Å². The minimum atomic E-state index is -0.0426. The van der Waals surface area contributed by atoms with Gasteiger partial charge in [-0.2, -0.15) is 0 Å². The summed E-state index contributed by atoms with van der Waals surface area (Å²) in [5, 5.41) is 2.17. The maximum atomic E-state index is 11.9. The number of Topliss-reactive ketones (excluding diaryl/α,β-unsaturated/α-hetero) is 1. The van der Waals surface area contributed by atoms with E-state index in [1.807, 2.05) is 30.5 Å². The van der Waals surface area contributed by atoms with Crippen molar-refractivity contribution < 1.29 is 9.53 Å². The number of piperidine rings is 1. The molecule has 1 aromatic carbocycles. The predicted molar refractivity (Wildman–Crippen MR) is 84.0 cm³/mol. The summed E-state index contributed by atoms with van der Waals surface area (Å²) in [4.78, 5) is 18.6. The highest BCUT2D eigenvalue weighted by atomic mass is 16.5. The maximum Gasteiger partial charge on any atom is 0.152 e. The van der Waals surface area contributed by atoms with Crippen molar-refractivity contribution in [2.45, 2.75) is 32.2 Å². The van der Waals surface area contributed by atoms with Gasteiger partial charge in [-0.15, -0.1) is 0 Å². The number of anilines is 1. The molecule has 1 saturated heterocycles. The fourth-order valence-electron chi connectivity index (χ4n) is 3.10. The highest BCUT2D eigenvalue weighted by Crippen LogP contribution is 2.31. The Kier molecular flexibility index (Phi) is 3.78. The molecule has 0 spiro atoms. The van der Waals surface area contributed by atoms with Crippen LogP contribution in [0, 0.1) is 0 Å². The van der Waals surface area contributed by atoms with Gasteiger partial charge in [-0.05, 0) is 55.8 Å². The molecule has 0 radical (unpaired) electrons. The Hall–Kier alpha value is -2.10. The third-order valence-electron chi connectivity index (χ3n) is 4.19. The zero-order valence-corrected chi connectivity index (χ0v) is 12.5. The molecule has 0 N–H and O–H groups in total. The second-order valence-electron chi connectivity index (χ2n) is 5.54. The summed E-state index contributed by atoms with van der Waals surface area (Å²) in [6, 6.07) is 7.92. The summed E-state index contributed by atoms with van der Waals surface area (Å²) in [5.41, 5.74) is 0. The fraction of sp³-hybridized carbons (Fsp3) is 0.412. The number of fused-ring (bicyclic) bond motifs is 1. The van der Waals surface area contributed by atoms with Gasteiger partial charge in [-0.25, -0.2) is 4.98 Å². The van der Waals surface area contributed by atoms with Crippen LogP contribution in [0.1, 0.15) is 26.2 Å². The van der Waals surface area contributed by atoms with Crippen molar-refractivity contribution in [2.75, 3.05) is 18.6 Å². The summed E-state index contributed by atoms with van der Waals surface area (Å²) in [7, 11) is 1.67. The molecule has 0 bridgehead atoms. The number of aromatic nitrogens is 1. The molecular weight excluding hydrogens is 264 g/mol. The number of ether oxygens (including phenoxy) is 1. The van der Waals surface area contributed by atoms with Crippen molar-refractivity contribution >= 4 is 22.4 Å². The van der Waals surface area contributed by atoms with Crippen LogP contribution >= 0.6 is 0 Å². The van der Waals surface area contributed by atoms with Gasteiger partial charge in [0.2, 0.25) is 0 Å². The van der Waals surface area contributed by atoms with E-state index in [0.29, 0.717) is 0 Å². The van der Waals surface area contributed by atoms with Gasteiger partial charge in [0, 0.05) is 18.1 Å². The summed E-state index contributed by atoms with van der Waals surface area (Å²) >= 11 is 0. The van der Waals surface area contributed by atoms with E-state index in [4.69, 9.17) is 4.74 Å². The molecule has 4 heteroatoms. The number of ketones is 1. The highest BCUT2D eigenvalue weighted by molar-refractivity contribution is 5.95. The van der Waals surface area contributed by atoms with E-state index in [1.54, 1.807) is 14.0 Å². The van der Waals surface area contributed by atoms with E-state index in [0.717, 1.165) is 48.1 Å². The van der Waals surface area contributed by atoms with Crippen LogP contribution in [-0.4, -0.2) is 30.5 Å². The molecule has 0 aliphatic carbocycles. The highest BCUT2D eigenvalue weighted by Gasteiger charge is 2.28. The number of methoxy groups -OCH3 is 1. The van der Waals surface area contributed by atoms with E-state index in [9.17, 15) is 4.79 Å². The van der Waals surface area contributed by atoms with E-state index >= 15 is 0 Å². The van der Waals surface area contributed by atoms with Gasteiger partial charge >= 0.3 is 0 Å². The third kappa shape index (κ3) is 2.58. The second-order valence-corrected chi connectivity index (χ2v) is 5.54. The number of carbonyl (C=O) groups excluding carboxylic acids is 1. The van der Waals surface area contributed by atoms with Gasteiger partial charge in [-0.1, -0.05) is 0 Å². The lowest BCUT2D eigenvalue weighted by Gasteiger charge is -2.35. The first-order chi connectivity index (χ1) is 10.2. The van der Waals surface area contributed by atoms with Gasteiger partial charge in [0.05, 0.1) is 13.2 Å². The Bertz CT molecular complexity index is 669. The van der Waals surface area contributed by atoms with E-state index in [1.165, 1.54) is 0 Å². The first-order valence-corrected chi connectivity index (χ1v) is 7.40. The quantitative estimate of drug-likeness (QED) is 0.868. The number of pyridine rings is 1. The number of carbonyl (C=O) groups is 1. The Balaban J connectivity index is 2.08. The van der Waals surface area contributed by atoms with Gasteiger partial charge < -0.3 is 9.64 Å². The topological polar surface area (TPSA) is 42.4 Å². The molecule has 0 saturated carbocycles. The first kappa shape index (κ1) is 13.9. The summed E-state index contributed by atoms with van der Waals surface area (Å²) < 4.78 is 5.28. The minimum absolute atomic E-state index is 0.0426. The first-order valence-electron chi connectivity index (χ1n) is 7.40. The van der Waals surface area contributed by atoms with Crippen molar-refractivity contribution in [3.8, 4) is 5.75 Å². The van der Waals surface area contributed by atoms with Crippen molar-refractivity contribution in [1.29, 1.82) is 0 Å². The van der Waals surface area contributed by atoms with Crippen LogP contribution in [0.25, 0.3) is 10.8 Å². The summed E-state index contributed by atoms with van der Waals surface area (Å²) in [6.07, 6.45) is 4.95. The Morgan fingerprint density at radius 2 is 2.19 bits per heavy atom. The molecule has 1 atom stereocenters. The average Bonchev–Trinajstić information content (AvgIpc) is 2.53. The van der Waals surface area contributed by atoms with E-state index in [2.05, 4.69) is 9.88 Å². The number of nitrogens with zero attached hydrogens (tertiary/aromatic N) is 2. The van der Waals surface area contributed by atoms with Gasteiger partial charge in [0.25, 0.3) is 0 Å². The fourth-order valence-corrected chi connectivity index (χ4v) is 3.10. The van der Waals surface area contributed by atoms with Gasteiger partial charge in [0.15, 0.2) is 5.78 Å². The second kappa shape index (κ2) is 5.72. The SMILES string of the molecule is COc1ccc2c(N3CCCCC3C(C)=O)nccc2c1. The third-order valence-corrected chi connectivity index (χ3v) is 4.19. The largest absolute Gasteiger partial charge is 0.497 e. The van der Waals surface area contributed by atoms with Crippen molar-refractivity contribution in [1.82, 2.24) is 4.98 Å². The molecule has 1 aliphatic rings. The lowest BCUT2D eigenvalue weighted by Crippen LogP contribution is -2.44. The standard InChI is InChI=1S/C17H20N2O2/c1-12(20)16-5-3-4-10-19(16)17-15-7-6-14(21-2)11-13(15)8-9-18-17/h6-9,11,16H,3-5,10H2,1-2H3. The molecule has 2 heterocycles. The van der Waals surface area contributed by atoms with Crippen LogP contribution in [0.5, 0.6) is 5.75 Å². The van der Waals surface area contributed by atoms with Crippen molar-refractivity contribution in [3.05, 3.63) is 30.5 Å². The number of rotatable bonds is 3. The minimum Gasteiger partial charge on any atom is -0.497 e. The molecule has 1 aromatic heterocycles. The lowest BCUT2D eigenvalue weighted by atomic mass is 9.98. The average molecular weight is 284 g/mol. The van der Waals surface area contributed by atoms with Crippen LogP contribution in [0.3, 0.4) is 0 Å². The number of hydrogen-bond donors (Lipinski definition) is 0. The molecule has 1 fully saturated rings. The Morgan fingerprint density at radius 3 is 2.95 bits per heavy atom. The smallest absolute Gasteiger partial charge is 0.152 e. The van der Waals surface area contributed by atoms with Crippen LogP contribution < -0.4 is 9.64 Å². The molecule has 3 rings (SSSR count). The molecule has 1 unspecified atom stereocenters. The molecule has 21 heavy (non-hydrogen) atoms. The number of hydrogen-bond acceptors (Lipinski definition) is 4. The summed E-state index contributed by atoms with van der Waals surface area (Å²) in [6.45, 7) is 2.57. The van der Waals surface area contributed by atoms with Crippen LogP contribution in [0.4, 0.5) is 5.82 Å². The van der Waals surface area contributed by atoms with Crippen molar-refractivity contribution in [2.24, 2.45) is 0 Å². The number of benzene rings is 1. The predicted octanol–water partition coefficient (Wildman–Crippen LogP) is 3.19. The van der Waals surface area contributed by atoms with E-state index < -0.39 is 0 Å². The van der Waals surface area contributed by atoms with Gasteiger partial charge in [-0.3, -0.25) is 4.79 Å². The molecule has 0 amide bonds. The van der Waals surface area contributed by atoms with Crippen LogP contribution in [0.2, 0.25) is 0 Å². The Morgan fingerprint density at radius 1 is 1.33 bits per heavy atom. The molecule has 1 aliphatic heterocycles. The summed E-state index contributed by atoms with van der Waals surface area (Å²) in [5.74, 6) is 1.97. The van der Waals surface area contributed by atoms with Gasteiger partial charge in [0.1, 0.15) is 11.6 Å². The molecule has 4 nitrogen and oxygen atoms in total. The zero-order chi connectivity index (χ0) is 14.8. The normalized spacial score (nSPS) is 18.8.